The Morgan fingerprint density at radius 1 is 1.25 bits per heavy atom. The van der Waals surface area contributed by atoms with Crippen LogP contribution < -0.4 is 10.5 Å². The summed E-state index contributed by atoms with van der Waals surface area (Å²) >= 11 is 0. The maximum Gasteiger partial charge on any atom is 0.122 e. The van der Waals surface area contributed by atoms with E-state index < -0.39 is 0 Å². The minimum Gasteiger partial charge on any atom is -0.493 e. The van der Waals surface area contributed by atoms with Gasteiger partial charge in [0.25, 0.3) is 0 Å². The molecule has 0 aliphatic carbocycles. The maximum atomic E-state index is 5.76. The van der Waals surface area contributed by atoms with Crippen LogP contribution in [0.3, 0.4) is 0 Å². The molecular formula is C14H23NO. The van der Waals surface area contributed by atoms with Crippen molar-refractivity contribution in [3.8, 4) is 5.75 Å². The lowest BCUT2D eigenvalue weighted by molar-refractivity contribution is 0.301. The van der Waals surface area contributed by atoms with Crippen molar-refractivity contribution >= 4 is 0 Å². The summed E-state index contributed by atoms with van der Waals surface area (Å²) in [5.74, 6) is 1.01. The van der Waals surface area contributed by atoms with E-state index >= 15 is 0 Å². The van der Waals surface area contributed by atoms with Gasteiger partial charge in [-0.1, -0.05) is 12.1 Å². The minimum absolute atomic E-state index is 0.306. The number of aryl methyl sites for hydroxylation is 2. The molecule has 2 N–H and O–H groups in total. The van der Waals surface area contributed by atoms with Gasteiger partial charge in [-0.15, -0.1) is 0 Å². The SMILES string of the molecule is Cc1ccc(C)c(OCCCCC(C)N)c1. The third-order valence-electron chi connectivity index (χ3n) is 2.66. The van der Waals surface area contributed by atoms with Crippen molar-refractivity contribution in [3.63, 3.8) is 0 Å². The van der Waals surface area contributed by atoms with Gasteiger partial charge in [0.1, 0.15) is 5.75 Å². The fourth-order valence-electron chi connectivity index (χ4n) is 1.61. The lowest BCUT2D eigenvalue weighted by Crippen LogP contribution is -2.14. The van der Waals surface area contributed by atoms with Crippen LogP contribution in [0.25, 0.3) is 0 Å². The molecule has 90 valence electrons. The Kier molecular flexibility index (Phi) is 5.33. The van der Waals surface area contributed by atoms with E-state index in [9.17, 15) is 0 Å². The molecule has 0 amide bonds. The average Bonchev–Trinajstić information content (AvgIpc) is 2.22. The van der Waals surface area contributed by atoms with E-state index in [1.54, 1.807) is 0 Å². The zero-order chi connectivity index (χ0) is 12.0. The number of hydrogen-bond donors (Lipinski definition) is 1. The number of rotatable bonds is 6. The third-order valence-corrected chi connectivity index (χ3v) is 2.66. The first-order valence-corrected chi connectivity index (χ1v) is 6.05. The second-order valence-electron chi connectivity index (χ2n) is 4.59. The van der Waals surface area contributed by atoms with Gasteiger partial charge >= 0.3 is 0 Å². The fraction of sp³-hybridized carbons (Fsp3) is 0.571. The largest absolute Gasteiger partial charge is 0.493 e. The minimum atomic E-state index is 0.306. The number of unbranched alkanes of at least 4 members (excludes halogenated alkanes) is 1. The van der Waals surface area contributed by atoms with Crippen molar-refractivity contribution < 1.29 is 4.74 Å². The zero-order valence-corrected chi connectivity index (χ0v) is 10.6. The number of ether oxygens (including phenoxy) is 1. The molecule has 2 nitrogen and oxygen atoms in total. The highest BCUT2D eigenvalue weighted by molar-refractivity contribution is 5.35. The molecular weight excluding hydrogens is 198 g/mol. The molecule has 0 bridgehead atoms. The van der Waals surface area contributed by atoms with E-state index in [1.165, 1.54) is 11.1 Å². The Balaban J connectivity index is 2.29. The van der Waals surface area contributed by atoms with Gasteiger partial charge in [0, 0.05) is 6.04 Å². The van der Waals surface area contributed by atoms with E-state index in [0.717, 1.165) is 31.6 Å². The van der Waals surface area contributed by atoms with Crippen molar-refractivity contribution in [2.75, 3.05) is 6.61 Å². The summed E-state index contributed by atoms with van der Waals surface area (Å²) in [4.78, 5) is 0. The van der Waals surface area contributed by atoms with Gasteiger partial charge in [0.2, 0.25) is 0 Å². The standard InChI is InChI=1S/C14H23NO/c1-11-7-8-12(2)14(10-11)16-9-5-4-6-13(3)15/h7-8,10,13H,4-6,9,15H2,1-3H3. The Morgan fingerprint density at radius 3 is 2.69 bits per heavy atom. The second-order valence-corrected chi connectivity index (χ2v) is 4.59. The van der Waals surface area contributed by atoms with Gasteiger partial charge in [0.15, 0.2) is 0 Å². The van der Waals surface area contributed by atoms with Crippen molar-refractivity contribution in [1.82, 2.24) is 0 Å². The van der Waals surface area contributed by atoms with Crippen molar-refractivity contribution in [3.05, 3.63) is 29.3 Å². The van der Waals surface area contributed by atoms with Gasteiger partial charge < -0.3 is 10.5 Å². The molecule has 0 radical (unpaired) electrons. The Labute approximate surface area is 98.8 Å². The third kappa shape index (κ3) is 4.67. The highest BCUT2D eigenvalue weighted by Gasteiger charge is 2.00. The smallest absolute Gasteiger partial charge is 0.122 e. The molecule has 0 saturated heterocycles. The van der Waals surface area contributed by atoms with Crippen LogP contribution in [0.1, 0.15) is 37.3 Å². The maximum absolute atomic E-state index is 5.76. The average molecular weight is 221 g/mol. The Bertz CT molecular complexity index is 321. The van der Waals surface area contributed by atoms with Crippen molar-refractivity contribution in [2.45, 2.75) is 46.1 Å². The molecule has 2 heteroatoms. The summed E-state index contributed by atoms with van der Waals surface area (Å²) in [7, 11) is 0. The van der Waals surface area contributed by atoms with E-state index in [-0.39, 0.29) is 0 Å². The molecule has 0 aliphatic rings. The molecule has 1 unspecified atom stereocenters. The molecule has 0 heterocycles. The first kappa shape index (κ1) is 13.0. The molecule has 0 spiro atoms. The predicted octanol–water partition coefficient (Wildman–Crippen LogP) is 3.20. The summed E-state index contributed by atoms with van der Waals surface area (Å²) in [6.07, 6.45) is 3.30. The highest BCUT2D eigenvalue weighted by atomic mass is 16.5. The van der Waals surface area contributed by atoms with Gasteiger partial charge in [-0.2, -0.15) is 0 Å². The summed E-state index contributed by atoms with van der Waals surface area (Å²) in [6.45, 7) is 7.00. The topological polar surface area (TPSA) is 35.2 Å². The summed E-state index contributed by atoms with van der Waals surface area (Å²) in [5.41, 5.74) is 8.14. The lowest BCUT2D eigenvalue weighted by atomic mass is 10.1. The summed E-state index contributed by atoms with van der Waals surface area (Å²) < 4.78 is 5.76. The van der Waals surface area contributed by atoms with E-state index in [4.69, 9.17) is 10.5 Å². The monoisotopic (exact) mass is 221 g/mol. The van der Waals surface area contributed by atoms with Gasteiger partial charge in [0.05, 0.1) is 6.61 Å². The van der Waals surface area contributed by atoms with Crippen LogP contribution in [0.2, 0.25) is 0 Å². The molecule has 1 aromatic carbocycles. The number of nitrogens with two attached hydrogens (primary N) is 1. The van der Waals surface area contributed by atoms with Gasteiger partial charge in [-0.05, 0) is 57.2 Å². The second kappa shape index (κ2) is 6.54. The Hall–Kier alpha value is -1.02. The van der Waals surface area contributed by atoms with Crippen LogP contribution in [0.5, 0.6) is 5.75 Å². The quantitative estimate of drug-likeness (QED) is 0.749. The van der Waals surface area contributed by atoms with Crippen molar-refractivity contribution in [1.29, 1.82) is 0 Å². The van der Waals surface area contributed by atoms with Crippen LogP contribution in [0, 0.1) is 13.8 Å². The van der Waals surface area contributed by atoms with Crippen LogP contribution in [-0.2, 0) is 0 Å². The van der Waals surface area contributed by atoms with Crippen molar-refractivity contribution in [2.24, 2.45) is 5.73 Å². The first-order valence-electron chi connectivity index (χ1n) is 6.05. The van der Waals surface area contributed by atoms with Gasteiger partial charge in [-0.3, -0.25) is 0 Å². The van der Waals surface area contributed by atoms with Gasteiger partial charge in [-0.25, -0.2) is 0 Å². The molecule has 0 fully saturated rings. The molecule has 0 saturated carbocycles. The molecule has 1 aromatic rings. The summed E-state index contributed by atoms with van der Waals surface area (Å²) in [6, 6.07) is 6.62. The van der Waals surface area contributed by atoms with Crippen LogP contribution in [-0.4, -0.2) is 12.6 Å². The van der Waals surface area contributed by atoms with Crippen LogP contribution in [0.4, 0.5) is 0 Å². The Morgan fingerprint density at radius 2 is 2.00 bits per heavy atom. The molecule has 0 aromatic heterocycles. The van der Waals surface area contributed by atoms with Crippen LogP contribution >= 0.6 is 0 Å². The normalized spacial score (nSPS) is 12.5. The fourth-order valence-corrected chi connectivity index (χ4v) is 1.61. The summed E-state index contributed by atoms with van der Waals surface area (Å²) in [5, 5.41) is 0. The molecule has 0 aliphatic heterocycles. The number of hydrogen-bond acceptors (Lipinski definition) is 2. The first-order chi connectivity index (χ1) is 7.59. The van der Waals surface area contributed by atoms with E-state index in [0.29, 0.717) is 6.04 Å². The molecule has 1 atom stereocenters. The van der Waals surface area contributed by atoms with E-state index in [2.05, 4.69) is 32.0 Å². The van der Waals surface area contributed by atoms with E-state index in [1.807, 2.05) is 6.92 Å². The lowest BCUT2D eigenvalue weighted by Gasteiger charge is -2.10. The van der Waals surface area contributed by atoms with Crippen LogP contribution in [0.15, 0.2) is 18.2 Å². The number of benzene rings is 1. The molecule has 1 rings (SSSR count). The predicted molar refractivity (Wildman–Crippen MR) is 68.9 cm³/mol. The highest BCUT2D eigenvalue weighted by Crippen LogP contribution is 2.19. The molecule has 16 heavy (non-hydrogen) atoms. The zero-order valence-electron chi connectivity index (χ0n) is 10.6.